The number of rotatable bonds is 10. The maximum Gasteiger partial charge on any atom is 0.413 e. The number of amidine groups is 1. The highest BCUT2D eigenvalue weighted by Gasteiger charge is 2.21. The average molecular weight is 598 g/mol. The number of nitrogens with zero attached hydrogens (tertiary/aromatic N) is 2. The zero-order valence-electron chi connectivity index (χ0n) is 25.8. The van der Waals surface area contributed by atoms with Gasteiger partial charge in [0.25, 0.3) is 5.91 Å². The second-order valence-corrected chi connectivity index (χ2v) is 10.7. The first kappa shape index (κ1) is 33.3. The number of carbonyl (C=O) groups excluding carboxylic acids is 3. The number of hydrogen-bond donors (Lipinski definition) is 3. The van der Waals surface area contributed by atoms with Crippen molar-refractivity contribution in [2.24, 2.45) is 0 Å². The minimum Gasteiger partial charge on any atom is -0.466 e. The summed E-state index contributed by atoms with van der Waals surface area (Å²) < 4.78 is 10.2. The van der Waals surface area contributed by atoms with Gasteiger partial charge >= 0.3 is 12.1 Å². The number of carbonyl (C=O) groups is 3. The summed E-state index contributed by atoms with van der Waals surface area (Å²) in [6.07, 6.45) is 1.70. The van der Waals surface area contributed by atoms with Crippen LogP contribution in [-0.4, -0.2) is 54.1 Å². The SMILES string of the molecule is CCOC(=O)CCN(C(=O)c1ccc(CC)c(C#CCNc2ccc(C(=N)NC(=O)OC(C)(C)C)cc2)c1)c1ccccn1. The summed E-state index contributed by atoms with van der Waals surface area (Å²) in [5.41, 5.74) is 2.85. The van der Waals surface area contributed by atoms with E-state index in [1.807, 2.05) is 13.0 Å². The molecule has 0 spiro atoms. The van der Waals surface area contributed by atoms with Crippen LogP contribution in [0.15, 0.2) is 66.9 Å². The second kappa shape index (κ2) is 15.9. The minimum absolute atomic E-state index is 0.0455. The van der Waals surface area contributed by atoms with Crippen molar-refractivity contribution in [1.82, 2.24) is 10.3 Å². The van der Waals surface area contributed by atoms with Crippen LogP contribution in [0.2, 0.25) is 0 Å². The van der Waals surface area contributed by atoms with Gasteiger partial charge in [0.2, 0.25) is 0 Å². The molecular formula is C34H39N5O5. The molecule has 0 saturated heterocycles. The van der Waals surface area contributed by atoms with Gasteiger partial charge in [0.15, 0.2) is 0 Å². The molecule has 0 aliphatic rings. The molecule has 1 aromatic heterocycles. The number of hydrogen-bond acceptors (Lipinski definition) is 8. The number of anilines is 2. The Morgan fingerprint density at radius 1 is 1.00 bits per heavy atom. The summed E-state index contributed by atoms with van der Waals surface area (Å²) in [5.74, 6) is 6.01. The summed E-state index contributed by atoms with van der Waals surface area (Å²) in [6.45, 7) is 9.78. The largest absolute Gasteiger partial charge is 0.466 e. The van der Waals surface area contributed by atoms with Crippen molar-refractivity contribution in [2.45, 2.75) is 53.1 Å². The Morgan fingerprint density at radius 3 is 2.36 bits per heavy atom. The van der Waals surface area contributed by atoms with E-state index in [1.165, 1.54) is 4.90 Å². The molecule has 10 heteroatoms. The predicted octanol–water partition coefficient (Wildman–Crippen LogP) is 5.56. The van der Waals surface area contributed by atoms with Gasteiger partial charge < -0.3 is 14.8 Å². The Bertz CT molecular complexity index is 1520. The van der Waals surface area contributed by atoms with Gasteiger partial charge in [-0.15, -0.1) is 0 Å². The normalized spacial score (nSPS) is 10.6. The van der Waals surface area contributed by atoms with Gasteiger partial charge in [-0.05, 0) is 88.2 Å². The molecule has 0 bridgehead atoms. The Balaban J connectivity index is 1.68. The molecule has 0 atom stereocenters. The summed E-state index contributed by atoms with van der Waals surface area (Å²) in [7, 11) is 0. The molecule has 3 rings (SSSR count). The Hall–Kier alpha value is -5.17. The van der Waals surface area contributed by atoms with Gasteiger partial charge in [0.05, 0.1) is 19.6 Å². The number of esters is 1. The van der Waals surface area contributed by atoms with Crippen molar-refractivity contribution in [3.8, 4) is 11.8 Å². The number of alkyl carbamates (subject to hydrolysis) is 1. The van der Waals surface area contributed by atoms with Crippen LogP contribution in [0.5, 0.6) is 0 Å². The molecule has 1 heterocycles. The van der Waals surface area contributed by atoms with E-state index >= 15 is 0 Å². The molecule has 3 N–H and O–H groups in total. The lowest BCUT2D eigenvalue weighted by Gasteiger charge is -2.22. The molecule has 230 valence electrons. The summed E-state index contributed by atoms with van der Waals surface area (Å²) in [4.78, 5) is 43.4. The molecule has 0 unspecified atom stereocenters. The fourth-order valence-corrected chi connectivity index (χ4v) is 4.08. The third kappa shape index (κ3) is 10.3. The van der Waals surface area contributed by atoms with Gasteiger partial charge in [-0.25, -0.2) is 9.78 Å². The highest BCUT2D eigenvalue weighted by atomic mass is 16.6. The van der Waals surface area contributed by atoms with Gasteiger partial charge in [0.1, 0.15) is 17.3 Å². The van der Waals surface area contributed by atoms with Gasteiger partial charge in [0, 0.05) is 35.1 Å². The minimum atomic E-state index is -0.682. The van der Waals surface area contributed by atoms with Crippen LogP contribution in [-0.2, 0) is 20.7 Å². The topological polar surface area (TPSA) is 134 Å². The lowest BCUT2D eigenvalue weighted by molar-refractivity contribution is -0.142. The van der Waals surface area contributed by atoms with Crippen molar-refractivity contribution < 1.29 is 23.9 Å². The summed E-state index contributed by atoms with van der Waals surface area (Å²) >= 11 is 0. The average Bonchev–Trinajstić information content (AvgIpc) is 2.99. The van der Waals surface area contributed by atoms with Gasteiger partial charge in [-0.2, -0.15) is 0 Å². The number of ether oxygens (including phenoxy) is 2. The highest BCUT2D eigenvalue weighted by molar-refractivity contribution is 6.06. The molecule has 44 heavy (non-hydrogen) atoms. The van der Waals surface area contributed by atoms with E-state index in [9.17, 15) is 14.4 Å². The smallest absolute Gasteiger partial charge is 0.413 e. The molecular weight excluding hydrogens is 558 g/mol. The number of aromatic nitrogens is 1. The second-order valence-electron chi connectivity index (χ2n) is 10.7. The van der Waals surface area contributed by atoms with E-state index in [0.717, 1.165) is 23.2 Å². The lowest BCUT2D eigenvalue weighted by Crippen LogP contribution is -2.36. The van der Waals surface area contributed by atoms with Crippen LogP contribution in [0.4, 0.5) is 16.3 Å². The molecule has 0 radical (unpaired) electrons. The molecule has 0 aliphatic heterocycles. The molecule has 0 fully saturated rings. The fourth-order valence-electron chi connectivity index (χ4n) is 4.08. The van der Waals surface area contributed by atoms with Crippen molar-refractivity contribution >= 4 is 35.3 Å². The van der Waals surface area contributed by atoms with Gasteiger partial charge in [-0.3, -0.25) is 25.2 Å². The monoisotopic (exact) mass is 597 g/mol. The number of amides is 2. The molecule has 3 aromatic rings. The van der Waals surface area contributed by atoms with E-state index in [0.29, 0.717) is 23.5 Å². The Labute approximate surface area is 258 Å². The number of pyridine rings is 1. The lowest BCUT2D eigenvalue weighted by atomic mass is 10.0. The first-order chi connectivity index (χ1) is 21.0. The zero-order chi connectivity index (χ0) is 32.1. The number of nitrogens with one attached hydrogen (secondary N) is 3. The maximum atomic E-state index is 13.6. The quantitative estimate of drug-likeness (QED) is 0.121. The van der Waals surface area contributed by atoms with Crippen LogP contribution in [0.1, 0.15) is 68.1 Å². The van der Waals surface area contributed by atoms with E-state index in [1.54, 1.807) is 88.5 Å². The number of aryl methyl sites for hydroxylation is 1. The van der Waals surface area contributed by atoms with Crippen molar-refractivity contribution in [1.29, 1.82) is 5.41 Å². The van der Waals surface area contributed by atoms with Crippen molar-refractivity contribution in [3.63, 3.8) is 0 Å². The van der Waals surface area contributed by atoms with Crippen LogP contribution in [0, 0.1) is 17.3 Å². The van der Waals surface area contributed by atoms with Crippen LogP contribution >= 0.6 is 0 Å². The highest BCUT2D eigenvalue weighted by Crippen LogP contribution is 2.19. The third-order valence-electron chi connectivity index (χ3n) is 6.16. The molecule has 0 aliphatic carbocycles. The van der Waals surface area contributed by atoms with E-state index < -0.39 is 11.7 Å². The summed E-state index contributed by atoms with van der Waals surface area (Å²) in [5, 5.41) is 13.8. The van der Waals surface area contributed by atoms with E-state index in [4.69, 9.17) is 14.9 Å². The predicted molar refractivity (Wildman–Crippen MR) is 171 cm³/mol. The van der Waals surface area contributed by atoms with Crippen LogP contribution in [0.25, 0.3) is 0 Å². The molecule has 10 nitrogen and oxygen atoms in total. The summed E-state index contributed by atoms with van der Waals surface area (Å²) in [6, 6.07) is 17.7. The number of benzene rings is 2. The molecule has 0 saturated carbocycles. The van der Waals surface area contributed by atoms with Crippen LogP contribution < -0.4 is 15.5 Å². The fraction of sp³-hybridized carbons (Fsp3) is 0.324. The first-order valence-corrected chi connectivity index (χ1v) is 14.4. The van der Waals surface area contributed by atoms with E-state index in [-0.39, 0.29) is 37.3 Å². The maximum absolute atomic E-state index is 13.6. The zero-order valence-corrected chi connectivity index (χ0v) is 25.8. The first-order valence-electron chi connectivity index (χ1n) is 14.4. The Kier molecular flexibility index (Phi) is 12.0. The molecule has 2 aromatic carbocycles. The Morgan fingerprint density at radius 2 is 1.73 bits per heavy atom. The van der Waals surface area contributed by atoms with Crippen LogP contribution in [0.3, 0.4) is 0 Å². The van der Waals surface area contributed by atoms with Crippen molar-refractivity contribution in [3.05, 3.63) is 89.1 Å². The standard InChI is InChI=1S/C34H39N5O5/c1-6-24-13-14-27(32(41)39(22-19-30(40)43-7-2)29-12-8-9-20-37-29)23-26(24)11-10-21-36-28-17-15-25(16-18-28)31(35)38-33(42)44-34(3,4)5/h8-9,12-18,20,23,36H,6-7,19,21-22H2,1-5H3,(H2,35,38,42). The molecule has 2 amide bonds. The van der Waals surface area contributed by atoms with E-state index in [2.05, 4.69) is 27.5 Å². The van der Waals surface area contributed by atoms with Gasteiger partial charge in [-0.1, -0.05) is 30.9 Å². The van der Waals surface area contributed by atoms with Crippen molar-refractivity contribution in [2.75, 3.05) is 29.9 Å². The third-order valence-corrected chi connectivity index (χ3v) is 6.16.